The maximum absolute atomic E-state index is 11.8. The molecule has 0 spiro atoms. The Hall–Kier alpha value is -2.20. The van der Waals surface area contributed by atoms with Gasteiger partial charge in [0.25, 0.3) is 6.33 Å². The van der Waals surface area contributed by atoms with E-state index in [9.17, 15) is 4.79 Å². The highest BCUT2D eigenvalue weighted by Gasteiger charge is 2.12. The molecule has 0 aliphatic heterocycles. The van der Waals surface area contributed by atoms with E-state index in [4.69, 9.17) is 11.1 Å². The summed E-state index contributed by atoms with van der Waals surface area (Å²) in [5.41, 5.74) is 1.07. The van der Waals surface area contributed by atoms with Gasteiger partial charge in [0.15, 0.2) is 12.3 Å². The minimum atomic E-state index is -0.0850. The van der Waals surface area contributed by atoms with Crippen molar-refractivity contribution in [1.29, 1.82) is 5.26 Å². The largest absolute Gasteiger partial charge is 1.00 e. The second-order valence-corrected chi connectivity index (χ2v) is 3.50. The summed E-state index contributed by atoms with van der Waals surface area (Å²) in [7, 11) is 0. The summed E-state index contributed by atoms with van der Waals surface area (Å²) in [5.74, 6) is 5.33. The Morgan fingerprint density at radius 1 is 1.44 bits per heavy atom. The van der Waals surface area contributed by atoms with Gasteiger partial charge in [0.2, 0.25) is 6.33 Å². The number of Topliss-reactive ketones (excluding diaryl/α,β-unsaturated/α-hetero) is 1. The van der Waals surface area contributed by atoms with Crippen LogP contribution in [0.25, 0.3) is 0 Å². The lowest BCUT2D eigenvalue weighted by Gasteiger charge is -1.97. The summed E-state index contributed by atoms with van der Waals surface area (Å²) in [4.78, 5) is 11.8. The number of carbonyl (C=O) groups excluding carboxylic acids is 1. The zero-order valence-corrected chi connectivity index (χ0v) is 10.9. The smallest absolute Gasteiger partial charge is 0.286 e. The van der Waals surface area contributed by atoms with Crippen molar-refractivity contribution in [2.45, 2.75) is 6.54 Å². The first-order valence-corrected chi connectivity index (χ1v) is 4.91. The van der Waals surface area contributed by atoms with Gasteiger partial charge in [0.1, 0.15) is 0 Å². The van der Waals surface area contributed by atoms with Crippen LogP contribution in [0.3, 0.4) is 0 Å². The van der Waals surface area contributed by atoms with Crippen molar-refractivity contribution >= 4 is 5.78 Å². The molecule has 1 aromatic carbocycles. The number of ketones is 1. The molecule has 0 bridgehead atoms. The van der Waals surface area contributed by atoms with E-state index in [1.54, 1.807) is 24.3 Å². The average molecular weight is 308 g/mol. The number of aromatic nitrogens is 3. The van der Waals surface area contributed by atoms with Crippen LogP contribution >= 0.6 is 0 Å². The van der Waals surface area contributed by atoms with Crippen LogP contribution in [0, 0.1) is 11.3 Å². The number of nitrogen functional groups attached to an aromatic ring is 1. The number of carbonyl (C=O) groups is 1. The molecule has 1 heterocycles. The molecule has 6 nitrogen and oxygen atoms in total. The number of hydrogen-bond acceptors (Lipinski definition) is 4. The minimum absolute atomic E-state index is 0. The summed E-state index contributed by atoms with van der Waals surface area (Å²) in [5, 5.41) is 12.5. The molecule has 0 aliphatic rings. The van der Waals surface area contributed by atoms with Gasteiger partial charge in [-0.3, -0.25) is 10.6 Å². The summed E-state index contributed by atoms with van der Waals surface area (Å²) in [6.07, 6.45) is 2.92. The maximum Gasteiger partial charge on any atom is 0.286 e. The molecular weight excluding hydrogens is 298 g/mol. The van der Waals surface area contributed by atoms with Crippen LogP contribution < -0.4 is 27.5 Å². The van der Waals surface area contributed by atoms with Crippen LogP contribution in [0.5, 0.6) is 0 Å². The van der Waals surface area contributed by atoms with Crippen LogP contribution in [-0.2, 0) is 6.54 Å². The van der Waals surface area contributed by atoms with Gasteiger partial charge in [-0.25, -0.2) is 0 Å². The molecule has 92 valence electrons. The fourth-order valence-corrected chi connectivity index (χ4v) is 1.39. The van der Waals surface area contributed by atoms with Crippen LogP contribution in [0.4, 0.5) is 0 Å². The fourth-order valence-electron chi connectivity index (χ4n) is 1.39. The molecule has 0 aliphatic carbocycles. The van der Waals surface area contributed by atoms with E-state index in [2.05, 4.69) is 5.10 Å². The first-order valence-electron chi connectivity index (χ1n) is 4.91. The highest BCUT2D eigenvalue weighted by atomic mass is 79.9. The van der Waals surface area contributed by atoms with Gasteiger partial charge in [-0.1, -0.05) is 0 Å². The number of nitrogens with zero attached hydrogens (tertiary/aromatic N) is 4. The quantitative estimate of drug-likeness (QED) is 0.364. The van der Waals surface area contributed by atoms with Crippen LogP contribution in [0.15, 0.2) is 36.9 Å². The van der Waals surface area contributed by atoms with Crippen LogP contribution in [-0.4, -0.2) is 15.6 Å². The first kappa shape index (κ1) is 13.9. The fraction of sp³-hybridized carbons (Fsp3) is 0.0909. The van der Waals surface area contributed by atoms with E-state index < -0.39 is 0 Å². The molecule has 0 radical (unpaired) electrons. The van der Waals surface area contributed by atoms with Crippen molar-refractivity contribution in [1.82, 2.24) is 9.78 Å². The average Bonchev–Trinajstić information content (AvgIpc) is 2.75. The normalized spacial score (nSPS) is 9.28. The number of nitriles is 1. The van der Waals surface area contributed by atoms with Gasteiger partial charge in [-0.15, -0.1) is 9.36 Å². The molecule has 0 saturated heterocycles. The summed E-state index contributed by atoms with van der Waals surface area (Å²) < 4.78 is 2.71. The van der Waals surface area contributed by atoms with Crippen LogP contribution in [0.1, 0.15) is 15.9 Å². The van der Waals surface area contributed by atoms with Crippen molar-refractivity contribution < 1.29 is 26.5 Å². The predicted octanol–water partition coefficient (Wildman–Crippen LogP) is -3.36. The lowest BCUT2D eigenvalue weighted by atomic mass is 10.1. The van der Waals surface area contributed by atoms with Gasteiger partial charge in [-0.2, -0.15) is 5.26 Å². The Morgan fingerprint density at radius 2 is 2.11 bits per heavy atom. The van der Waals surface area contributed by atoms with Crippen molar-refractivity contribution in [2.75, 3.05) is 5.84 Å². The number of nitrogens with two attached hydrogens (primary N) is 1. The van der Waals surface area contributed by atoms with Gasteiger partial charge in [-0.05, 0) is 24.3 Å². The Labute approximate surface area is 114 Å². The number of hydrogen-bond donors (Lipinski definition) is 1. The zero-order chi connectivity index (χ0) is 12.3. The lowest BCUT2D eigenvalue weighted by molar-refractivity contribution is -0.639. The Kier molecular flexibility index (Phi) is 4.57. The topological polar surface area (TPSA) is 88.6 Å². The van der Waals surface area contributed by atoms with E-state index in [-0.39, 0.29) is 29.3 Å². The molecule has 0 amide bonds. The molecule has 18 heavy (non-hydrogen) atoms. The molecule has 2 N–H and O–H groups in total. The predicted molar refractivity (Wildman–Crippen MR) is 58.1 cm³/mol. The zero-order valence-electron chi connectivity index (χ0n) is 9.32. The Bertz CT molecular complexity index is 584. The molecule has 0 saturated carbocycles. The standard InChI is InChI=1S/C11H10N5O.BrH/c12-5-9-1-3-10(4-2-9)11(17)6-16-8-15(13)7-14-16;/h1-4,7-8H,6,13H2;1H/q+1;/p-1. The van der Waals surface area contributed by atoms with Crippen molar-refractivity contribution in [3.05, 3.63) is 48.0 Å². The highest BCUT2D eigenvalue weighted by Crippen LogP contribution is 2.05. The van der Waals surface area contributed by atoms with E-state index in [0.717, 1.165) is 0 Å². The molecule has 0 atom stereocenters. The lowest BCUT2D eigenvalue weighted by Crippen LogP contribution is -3.00. The molecule has 0 fully saturated rings. The summed E-state index contributed by atoms with van der Waals surface area (Å²) >= 11 is 0. The van der Waals surface area contributed by atoms with Gasteiger partial charge in [0.05, 0.1) is 11.6 Å². The Balaban J connectivity index is 0.00000162. The Morgan fingerprint density at radius 3 is 2.61 bits per heavy atom. The van der Waals surface area contributed by atoms with Gasteiger partial charge in [0, 0.05) is 10.7 Å². The van der Waals surface area contributed by atoms with E-state index in [0.29, 0.717) is 11.1 Å². The number of benzene rings is 1. The molecule has 2 aromatic rings. The number of rotatable bonds is 3. The highest BCUT2D eigenvalue weighted by molar-refractivity contribution is 5.95. The van der Waals surface area contributed by atoms with Crippen molar-refractivity contribution in [2.24, 2.45) is 0 Å². The minimum Gasteiger partial charge on any atom is -1.00 e. The molecule has 7 heteroatoms. The molecule has 1 aromatic heterocycles. The van der Waals surface area contributed by atoms with Crippen LogP contribution in [0.2, 0.25) is 0 Å². The summed E-state index contributed by atoms with van der Waals surface area (Å²) in [6, 6.07) is 8.47. The first-order chi connectivity index (χ1) is 8.19. The second-order valence-electron chi connectivity index (χ2n) is 3.50. The third kappa shape index (κ3) is 3.15. The molecule has 2 rings (SSSR count). The second kappa shape index (κ2) is 5.93. The third-order valence-corrected chi connectivity index (χ3v) is 2.24. The van der Waals surface area contributed by atoms with Gasteiger partial charge < -0.3 is 17.0 Å². The van der Waals surface area contributed by atoms with E-state index in [1.165, 1.54) is 22.0 Å². The monoisotopic (exact) mass is 307 g/mol. The maximum atomic E-state index is 11.8. The van der Waals surface area contributed by atoms with Crippen molar-refractivity contribution in [3.8, 4) is 6.07 Å². The van der Waals surface area contributed by atoms with E-state index >= 15 is 0 Å². The molecule has 0 unspecified atom stereocenters. The number of halogens is 1. The van der Waals surface area contributed by atoms with Crippen molar-refractivity contribution in [3.63, 3.8) is 0 Å². The molecular formula is C11H10BrN5O. The SMILES string of the molecule is N#Cc1ccc(C(=O)Cn2c[n+](N)cn2)cc1.[Br-]. The summed E-state index contributed by atoms with van der Waals surface area (Å²) in [6.45, 7) is 0.121. The van der Waals surface area contributed by atoms with E-state index in [1.807, 2.05) is 6.07 Å². The van der Waals surface area contributed by atoms with Gasteiger partial charge >= 0.3 is 0 Å². The third-order valence-electron chi connectivity index (χ3n) is 2.24.